The second kappa shape index (κ2) is 7.91. The molecule has 1 N–H and O–H groups in total. The van der Waals surface area contributed by atoms with Crippen LogP contribution in [0.4, 0.5) is 0 Å². The Hall–Kier alpha value is -1.69. The minimum Gasteiger partial charge on any atom is -0.490 e. The average molecular weight is 375 g/mol. The summed E-state index contributed by atoms with van der Waals surface area (Å²) in [5.41, 5.74) is 0.680. The Morgan fingerprint density at radius 3 is 2.38 bits per heavy atom. The van der Waals surface area contributed by atoms with Gasteiger partial charge in [-0.3, -0.25) is 9.59 Å². The molecule has 2 amide bonds. The Balaban J connectivity index is 1.25. The Bertz CT molecular complexity index is 646. The first-order valence-electron chi connectivity index (χ1n) is 9.63. The monoisotopic (exact) mass is 374 g/mol. The van der Waals surface area contributed by atoms with Crippen LogP contribution in [0.5, 0.6) is 5.75 Å². The van der Waals surface area contributed by atoms with Crippen molar-refractivity contribution in [3.8, 4) is 5.75 Å². The highest BCUT2D eigenvalue weighted by Gasteiger charge is 2.35. The number of carbonyl (C=O) groups is 2. The number of carbonyl (C=O) groups excluding carboxylic acids is 2. The van der Waals surface area contributed by atoms with Gasteiger partial charge in [-0.2, -0.15) is 11.8 Å². The molecular formula is C20H26N2O3S. The minimum absolute atomic E-state index is 0.00375. The van der Waals surface area contributed by atoms with Crippen molar-refractivity contribution in [2.45, 2.75) is 44.2 Å². The molecule has 0 aromatic heterocycles. The first kappa shape index (κ1) is 17.7. The highest BCUT2D eigenvalue weighted by molar-refractivity contribution is 7.99. The highest BCUT2D eigenvalue weighted by Crippen LogP contribution is 2.32. The summed E-state index contributed by atoms with van der Waals surface area (Å²) in [4.78, 5) is 26.4. The third kappa shape index (κ3) is 4.34. The van der Waals surface area contributed by atoms with Gasteiger partial charge in [0.2, 0.25) is 5.91 Å². The molecule has 140 valence electrons. The van der Waals surface area contributed by atoms with Crippen LogP contribution in [0.25, 0.3) is 0 Å². The van der Waals surface area contributed by atoms with Crippen LogP contribution in [-0.4, -0.2) is 53.5 Å². The maximum Gasteiger partial charge on any atom is 0.251 e. The molecule has 26 heavy (non-hydrogen) atoms. The van der Waals surface area contributed by atoms with Crippen molar-refractivity contribution >= 4 is 23.6 Å². The highest BCUT2D eigenvalue weighted by atomic mass is 32.2. The number of likely N-dealkylation sites (tertiary alicyclic amines) is 1. The van der Waals surface area contributed by atoms with Crippen molar-refractivity contribution in [2.75, 3.05) is 24.6 Å². The molecule has 1 aromatic rings. The van der Waals surface area contributed by atoms with Crippen molar-refractivity contribution < 1.29 is 14.3 Å². The minimum atomic E-state index is -0.00375. The van der Waals surface area contributed by atoms with Gasteiger partial charge in [-0.25, -0.2) is 0 Å². The Kier molecular flexibility index (Phi) is 5.38. The van der Waals surface area contributed by atoms with Gasteiger partial charge in [0.15, 0.2) is 0 Å². The summed E-state index contributed by atoms with van der Waals surface area (Å²) in [5, 5.41) is 3.09. The second-order valence-electron chi connectivity index (χ2n) is 7.48. The van der Waals surface area contributed by atoms with Crippen molar-refractivity contribution in [2.24, 2.45) is 5.92 Å². The van der Waals surface area contributed by atoms with E-state index in [2.05, 4.69) is 5.32 Å². The fraction of sp³-hybridized carbons (Fsp3) is 0.600. The summed E-state index contributed by atoms with van der Waals surface area (Å²) >= 11 is 1.89. The summed E-state index contributed by atoms with van der Waals surface area (Å²) in [6, 6.07) is 7.71. The molecule has 1 aliphatic carbocycles. The van der Waals surface area contributed by atoms with Gasteiger partial charge in [-0.1, -0.05) is 0 Å². The van der Waals surface area contributed by atoms with E-state index in [1.165, 1.54) is 0 Å². The maximum atomic E-state index is 12.3. The van der Waals surface area contributed by atoms with Crippen LogP contribution in [0.2, 0.25) is 0 Å². The van der Waals surface area contributed by atoms with E-state index < -0.39 is 0 Å². The standard InChI is InChI=1S/C20H26N2O3S/c23-19(21-16-9-12-26-13-16)14-3-5-17(6-4-14)25-18-7-10-22(11-8-18)20(24)15-1-2-15/h3-6,15-16,18H,1-2,7-13H2,(H,21,23)/t16-/m0/s1. The Morgan fingerprint density at radius 2 is 1.77 bits per heavy atom. The number of hydrogen-bond donors (Lipinski definition) is 1. The molecule has 2 saturated heterocycles. The summed E-state index contributed by atoms with van der Waals surface area (Å²) in [5.74, 6) is 3.56. The quantitative estimate of drug-likeness (QED) is 0.861. The molecule has 1 atom stereocenters. The van der Waals surface area contributed by atoms with Crippen LogP contribution in [0.3, 0.4) is 0 Å². The first-order valence-corrected chi connectivity index (χ1v) is 10.8. The molecule has 0 radical (unpaired) electrons. The lowest BCUT2D eigenvalue weighted by molar-refractivity contribution is -0.134. The second-order valence-corrected chi connectivity index (χ2v) is 8.62. The van der Waals surface area contributed by atoms with Crippen LogP contribution in [0.1, 0.15) is 42.5 Å². The van der Waals surface area contributed by atoms with E-state index in [4.69, 9.17) is 4.74 Å². The third-order valence-electron chi connectivity index (χ3n) is 5.36. The van der Waals surface area contributed by atoms with Crippen LogP contribution in [0, 0.1) is 5.92 Å². The van der Waals surface area contributed by atoms with Gasteiger partial charge in [0.05, 0.1) is 0 Å². The van der Waals surface area contributed by atoms with Gasteiger partial charge in [0, 0.05) is 49.2 Å². The van der Waals surface area contributed by atoms with E-state index in [1.54, 1.807) is 0 Å². The molecular weight excluding hydrogens is 348 g/mol. The molecule has 1 aromatic carbocycles. The molecule has 6 heteroatoms. The summed E-state index contributed by atoms with van der Waals surface area (Å²) < 4.78 is 6.05. The van der Waals surface area contributed by atoms with Crippen LogP contribution in [-0.2, 0) is 4.79 Å². The molecule has 2 aliphatic heterocycles. The smallest absolute Gasteiger partial charge is 0.251 e. The van der Waals surface area contributed by atoms with E-state index in [-0.39, 0.29) is 12.0 Å². The SMILES string of the molecule is O=C(N[C@H]1CCSC1)c1ccc(OC2CCN(C(=O)C3CC3)CC2)cc1. The molecule has 5 nitrogen and oxygen atoms in total. The number of hydrogen-bond acceptors (Lipinski definition) is 4. The number of thioether (sulfide) groups is 1. The summed E-state index contributed by atoms with van der Waals surface area (Å²) in [6.07, 6.45) is 5.08. The number of rotatable bonds is 5. The normalized spacial score (nSPS) is 23.7. The van der Waals surface area contributed by atoms with E-state index in [0.29, 0.717) is 23.4 Å². The average Bonchev–Trinajstić information content (AvgIpc) is 3.40. The molecule has 0 unspecified atom stereocenters. The predicted molar refractivity (Wildman–Crippen MR) is 103 cm³/mol. The van der Waals surface area contributed by atoms with Gasteiger partial charge in [0.25, 0.3) is 5.91 Å². The topological polar surface area (TPSA) is 58.6 Å². The van der Waals surface area contributed by atoms with Crippen LogP contribution < -0.4 is 10.1 Å². The zero-order valence-electron chi connectivity index (χ0n) is 15.0. The number of nitrogens with zero attached hydrogens (tertiary/aromatic N) is 1. The molecule has 1 saturated carbocycles. The lowest BCUT2D eigenvalue weighted by Gasteiger charge is -2.32. The fourth-order valence-corrected chi connectivity index (χ4v) is 4.73. The lowest BCUT2D eigenvalue weighted by atomic mass is 10.1. The van der Waals surface area contributed by atoms with Crippen LogP contribution >= 0.6 is 11.8 Å². The molecule has 0 bridgehead atoms. The lowest BCUT2D eigenvalue weighted by Crippen LogP contribution is -2.42. The van der Waals surface area contributed by atoms with Gasteiger partial charge in [0.1, 0.15) is 11.9 Å². The van der Waals surface area contributed by atoms with Gasteiger partial charge < -0.3 is 15.0 Å². The Labute approximate surface area is 158 Å². The van der Waals surface area contributed by atoms with Gasteiger partial charge in [-0.15, -0.1) is 0 Å². The molecule has 0 spiro atoms. The number of amides is 2. The summed E-state index contributed by atoms with van der Waals surface area (Å²) in [7, 11) is 0. The molecule has 2 heterocycles. The van der Waals surface area contributed by atoms with E-state index in [9.17, 15) is 9.59 Å². The first-order chi connectivity index (χ1) is 12.7. The van der Waals surface area contributed by atoms with Gasteiger partial charge in [-0.05, 0) is 49.3 Å². The number of benzene rings is 1. The van der Waals surface area contributed by atoms with Crippen molar-refractivity contribution in [1.29, 1.82) is 0 Å². The fourth-order valence-electron chi connectivity index (χ4n) is 3.58. The van der Waals surface area contributed by atoms with Crippen LogP contribution in [0.15, 0.2) is 24.3 Å². The van der Waals surface area contributed by atoms with E-state index in [1.807, 2.05) is 40.9 Å². The molecule has 4 rings (SSSR count). The predicted octanol–water partition coefficient (Wildman–Crippen LogP) is 2.70. The third-order valence-corrected chi connectivity index (χ3v) is 6.53. The largest absolute Gasteiger partial charge is 0.490 e. The Morgan fingerprint density at radius 1 is 1.04 bits per heavy atom. The van der Waals surface area contributed by atoms with Gasteiger partial charge >= 0.3 is 0 Å². The van der Waals surface area contributed by atoms with E-state index >= 15 is 0 Å². The zero-order chi connectivity index (χ0) is 17.9. The van der Waals surface area contributed by atoms with E-state index in [0.717, 1.165) is 62.4 Å². The van der Waals surface area contributed by atoms with Crippen molar-refractivity contribution in [1.82, 2.24) is 10.2 Å². The summed E-state index contributed by atoms with van der Waals surface area (Å²) in [6.45, 7) is 1.58. The maximum absolute atomic E-state index is 12.3. The number of piperidine rings is 1. The number of nitrogens with one attached hydrogen (secondary N) is 1. The molecule has 3 aliphatic rings. The zero-order valence-corrected chi connectivity index (χ0v) is 15.8. The number of ether oxygens (including phenoxy) is 1. The van der Waals surface area contributed by atoms with Crippen molar-refractivity contribution in [3.05, 3.63) is 29.8 Å². The molecule has 3 fully saturated rings. The van der Waals surface area contributed by atoms with Crippen molar-refractivity contribution in [3.63, 3.8) is 0 Å².